The highest BCUT2D eigenvalue weighted by Gasteiger charge is 2.04. The standard InChI is InChI=1S/C17H18.C4H6/c1-13(2)16-10-7-11-17(12-16)14(3)15-8-5-4-6-9-15;1-3-4-2/h4-13H,3H2,1-2H3;3-4H,1-2H2. The average Bonchev–Trinajstić information content (AvgIpc) is 2.55. The first-order valence-corrected chi connectivity index (χ1v) is 7.18. The van der Waals surface area contributed by atoms with Crippen molar-refractivity contribution in [2.24, 2.45) is 0 Å². The van der Waals surface area contributed by atoms with E-state index in [4.69, 9.17) is 0 Å². The van der Waals surface area contributed by atoms with Gasteiger partial charge in [0.2, 0.25) is 0 Å². The van der Waals surface area contributed by atoms with Gasteiger partial charge in [0, 0.05) is 0 Å². The maximum absolute atomic E-state index is 4.20. The fourth-order valence-electron chi connectivity index (χ4n) is 1.89. The molecule has 0 aliphatic rings. The molecule has 0 saturated heterocycles. The molecule has 0 N–H and O–H groups in total. The lowest BCUT2D eigenvalue weighted by atomic mass is 9.95. The summed E-state index contributed by atoms with van der Waals surface area (Å²) in [5.41, 5.74) is 4.85. The highest BCUT2D eigenvalue weighted by Crippen LogP contribution is 2.24. The first-order chi connectivity index (χ1) is 10.1. The molecule has 0 amide bonds. The van der Waals surface area contributed by atoms with Gasteiger partial charge in [-0.2, -0.15) is 0 Å². The van der Waals surface area contributed by atoms with E-state index in [1.807, 2.05) is 18.2 Å². The van der Waals surface area contributed by atoms with Crippen molar-refractivity contribution >= 4 is 5.57 Å². The molecule has 0 radical (unpaired) electrons. The summed E-state index contributed by atoms with van der Waals surface area (Å²) >= 11 is 0. The Hall–Kier alpha value is -2.34. The van der Waals surface area contributed by atoms with Crippen molar-refractivity contribution in [3.63, 3.8) is 0 Å². The molecule has 0 spiro atoms. The molecule has 0 heterocycles. The van der Waals surface area contributed by atoms with Crippen molar-refractivity contribution in [1.29, 1.82) is 0 Å². The summed E-state index contributed by atoms with van der Waals surface area (Å²) in [5.74, 6) is 0.554. The number of rotatable bonds is 4. The van der Waals surface area contributed by atoms with Gasteiger partial charge in [0.1, 0.15) is 0 Å². The highest BCUT2D eigenvalue weighted by atomic mass is 14.1. The Kier molecular flexibility index (Phi) is 6.97. The zero-order valence-corrected chi connectivity index (χ0v) is 13.0. The van der Waals surface area contributed by atoms with Crippen molar-refractivity contribution < 1.29 is 0 Å². The lowest BCUT2D eigenvalue weighted by Gasteiger charge is -2.10. The lowest BCUT2D eigenvalue weighted by molar-refractivity contribution is 0.866. The van der Waals surface area contributed by atoms with E-state index >= 15 is 0 Å². The molecule has 0 aliphatic carbocycles. The van der Waals surface area contributed by atoms with E-state index in [9.17, 15) is 0 Å². The van der Waals surface area contributed by atoms with Crippen LogP contribution >= 0.6 is 0 Å². The van der Waals surface area contributed by atoms with Gasteiger partial charge in [-0.25, -0.2) is 0 Å². The molecule has 108 valence electrons. The van der Waals surface area contributed by atoms with Gasteiger partial charge >= 0.3 is 0 Å². The van der Waals surface area contributed by atoms with Crippen LogP contribution in [0.1, 0.15) is 36.5 Å². The van der Waals surface area contributed by atoms with Gasteiger partial charge in [-0.1, -0.05) is 100 Å². The van der Waals surface area contributed by atoms with Gasteiger partial charge in [-0.05, 0) is 28.2 Å². The summed E-state index contributed by atoms with van der Waals surface area (Å²) in [6, 6.07) is 19.0. The SMILES string of the molecule is C=C(c1ccccc1)c1cccc(C(C)C)c1.C=CC=C. The molecule has 0 aliphatic heterocycles. The van der Waals surface area contributed by atoms with E-state index in [0.29, 0.717) is 5.92 Å². The average molecular weight is 276 g/mol. The Morgan fingerprint density at radius 2 is 1.43 bits per heavy atom. The molecule has 0 heteroatoms. The van der Waals surface area contributed by atoms with Crippen LogP contribution in [0.5, 0.6) is 0 Å². The Balaban J connectivity index is 0.000000491. The molecule has 0 bridgehead atoms. The minimum absolute atomic E-state index is 0.554. The molecule has 21 heavy (non-hydrogen) atoms. The molecule has 2 aromatic rings. The van der Waals surface area contributed by atoms with E-state index in [-0.39, 0.29) is 0 Å². The maximum Gasteiger partial charge on any atom is -0.0181 e. The molecule has 0 atom stereocenters. The quantitative estimate of drug-likeness (QED) is 0.581. The molecule has 0 nitrogen and oxygen atoms in total. The van der Waals surface area contributed by atoms with Crippen molar-refractivity contribution in [1.82, 2.24) is 0 Å². The van der Waals surface area contributed by atoms with Gasteiger partial charge in [-0.15, -0.1) is 0 Å². The van der Waals surface area contributed by atoms with Gasteiger partial charge in [0.15, 0.2) is 0 Å². The first-order valence-electron chi connectivity index (χ1n) is 7.18. The minimum atomic E-state index is 0.554. The van der Waals surface area contributed by atoms with Gasteiger partial charge in [0.05, 0.1) is 0 Å². The summed E-state index contributed by atoms with van der Waals surface area (Å²) in [6.45, 7) is 15.3. The smallest absolute Gasteiger partial charge is 0.0181 e. The third kappa shape index (κ3) is 5.27. The number of benzene rings is 2. The van der Waals surface area contributed by atoms with Crippen LogP contribution in [-0.2, 0) is 0 Å². The maximum atomic E-state index is 4.20. The fraction of sp³-hybridized carbons (Fsp3) is 0.143. The summed E-state index contributed by atoms with van der Waals surface area (Å²) in [4.78, 5) is 0. The summed E-state index contributed by atoms with van der Waals surface area (Å²) in [7, 11) is 0. The van der Waals surface area contributed by atoms with E-state index < -0.39 is 0 Å². The second-order valence-corrected chi connectivity index (χ2v) is 5.10. The van der Waals surface area contributed by atoms with Crippen LogP contribution in [0.25, 0.3) is 5.57 Å². The molecule has 0 unspecified atom stereocenters. The van der Waals surface area contributed by atoms with Crippen molar-refractivity contribution in [3.05, 3.63) is 103 Å². The largest absolute Gasteiger partial charge is 0.0991 e. The molecular weight excluding hydrogens is 252 g/mol. The van der Waals surface area contributed by atoms with E-state index in [1.165, 1.54) is 16.7 Å². The lowest BCUT2D eigenvalue weighted by Crippen LogP contribution is -1.91. The predicted molar refractivity (Wildman–Crippen MR) is 95.5 cm³/mol. The topological polar surface area (TPSA) is 0 Å². The second kappa shape index (κ2) is 8.76. The Bertz CT molecular complexity index is 582. The second-order valence-electron chi connectivity index (χ2n) is 5.10. The van der Waals surface area contributed by atoms with Crippen LogP contribution < -0.4 is 0 Å². The van der Waals surface area contributed by atoms with Crippen LogP contribution in [0.3, 0.4) is 0 Å². The Morgan fingerprint density at radius 3 is 1.95 bits per heavy atom. The number of hydrogen-bond acceptors (Lipinski definition) is 0. The summed E-state index contributed by atoms with van der Waals surface area (Å²) in [6.07, 6.45) is 3.28. The fourth-order valence-corrected chi connectivity index (χ4v) is 1.89. The van der Waals surface area contributed by atoms with Crippen LogP contribution in [0.15, 0.2) is 86.5 Å². The van der Waals surface area contributed by atoms with E-state index in [2.05, 4.69) is 70.0 Å². The summed E-state index contributed by atoms with van der Waals surface area (Å²) < 4.78 is 0. The molecule has 2 rings (SSSR count). The third-order valence-electron chi connectivity index (χ3n) is 3.19. The minimum Gasteiger partial charge on any atom is -0.0991 e. The van der Waals surface area contributed by atoms with Crippen LogP contribution in [0, 0.1) is 0 Å². The van der Waals surface area contributed by atoms with Crippen LogP contribution in [0.2, 0.25) is 0 Å². The molecule has 2 aromatic carbocycles. The normalized spacial score (nSPS) is 9.48. The monoisotopic (exact) mass is 276 g/mol. The third-order valence-corrected chi connectivity index (χ3v) is 3.19. The Morgan fingerprint density at radius 1 is 0.857 bits per heavy atom. The van der Waals surface area contributed by atoms with E-state index in [1.54, 1.807) is 12.2 Å². The molecule has 0 saturated carbocycles. The van der Waals surface area contributed by atoms with Crippen LogP contribution in [-0.4, -0.2) is 0 Å². The van der Waals surface area contributed by atoms with Crippen LogP contribution in [0.4, 0.5) is 0 Å². The van der Waals surface area contributed by atoms with Crippen molar-refractivity contribution in [2.45, 2.75) is 19.8 Å². The Labute approximate surface area is 129 Å². The molecular formula is C21H24. The van der Waals surface area contributed by atoms with Gasteiger partial charge < -0.3 is 0 Å². The zero-order valence-electron chi connectivity index (χ0n) is 13.0. The summed E-state index contributed by atoms with van der Waals surface area (Å²) in [5, 5.41) is 0. The number of allylic oxidation sites excluding steroid dienone is 2. The van der Waals surface area contributed by atoms with E-state index in [0.717, 1.165) is 5.57 Å². The highest BCUT2D eigenvalue weighted by molar-refractivity contribution is 5.78. The molecule has 0 aromatic heterocycles. The first kappa shape index (κ1) is 16.7. The predicted octanol–water partition coefficient (Wildman–Crippen LogP) is 6.23. The zero-order chi connectivity index (χ0) is 15.7. The number of hydrogen-bond donors (Lipinski definition) is 0. The van der Waals surface area contributed by atoms with Crippen molar-refractivity contribution in [3.8, 4) is 0 Å². The van der Waals surface area contributed by atoms with Gasteiger partial charge in [-0.3, -0.25) is 0 Å². The van der Waals surface area contributed by atoms with Crippen molar-refractivity contribution in [2.75, 3.05) is 0 Å². The van der Waals surface area contributed by atoms with Gasteiger partial charge in [0.25, 0.3) is 0 Å². The molecule has 0 fully saturated rings.